The molecule has 1 aliphatic rings. The highest BCUT2D eigenvalue weighted by Gasteiger charge is 2.22. The number of aryl methyl sites for hydroxylation is 1. The second-order valence-corrected chi connectivity index (χ2v) is 7.74. The molecule has 0 spiro atoms. The summed E-state index contributed by atoms with van der Waals surface area (Å²) in [6, 6.07) is 13.9. The molecule has 0 bridgehead atoms. The number of halogens is 1. The van der Waals surface area contributed by atoms with E-state index in [-0.39, 0.29) is 24.1 Å². The van der Waals surface area contributed by atoms with Gasteiger partial charge in [0.25, 0.3) is 5.91 Å². The molecule has 1 amide bonds. The van der Waals surface area contributed by atoms with E-state index in [1.54, 1.807) is 11.4 Å². The van der Waals surface area contributed by atoms with Crippen molar-refractivity contribution in [2.75, 3.05) is 5.32 Å². The van der Waals surface area contributed by atoms with Gasteiger partial charge in [-0.25, -0.2) is 9.37 Å². The quantitative estimate of drug-likeness (QED) is 0.641. The summed E-state index contributed by atoms with van der Waals surface area (Å²) >= 11 is 1.18. The normalized spacial score (nSPS) is 15.4. The Kier molecular flexibility index (Phi) is 5.67. The lowest BCUT2D eigenvalue weighted by Crippen LogP contribution is -2.26. The predicted octanol–water partition coefficient (Wildman–Crippen LogP) is 4.18. The largest absolute Gasteiger partial charge is 0.462 e. The van der Waals surface area contributed by atoms with Crippen LogP contribution in [-0.4, -0.2) is 23.0 Å². The molecule has 29 heavy (non-hydrogen) atoms. The molecule has 0 saturated heterocycles. The van der Waals surface area contributed by atoms with Gasteiger partial charge in [-0.05, 0) is 36.1 Å². The number of nitrogens with one attached hydrogen (secondary N) is 1. The van der Waals surface area contributed by atoms with Crippen molar-refractivity contribution in [3.05, 3.63) is 82.1 Å². The first-order valence-electron chi connectivity index (χ1n) is 9.35. The van der Waals surface area contributed by atoms with Gasteiger partial charge in [0.15, 0.2) is 5.13 Å². The highest BCUT2D eigenvalue weighted by Crippen LogP contribution is 2.24. The minimum Gasteiger partial charge on any atom is -0.462 e. The number of hydrogen-bond acceptors (Lipinski definition) is 5. The molecule has 148 valence electrons. The molecular weight excluding hydrogens is 391 g/mol. The molecule has 0 fully saturated rings. The lowest BCUT2D eigenvalue weighted by atomic mass is 9.90. The van der Waals surface area contributed by atoms with E-state index >= 15 is 0 Å². The van der Waals surface area contributed by atoms with Crippen molar-refractivity contribution in [3.63, 3.8) is 0 Å². The average Bonchev–Trinajstić information content (AvgIpc) is 3.14. The molecule has 4 rings (SSSR count). The minimum absolute atomic E-state index is 0.0320. The highest BCUT2D eigenvalue weighted by molar-refractivity contribution is 7.14. The van der Waals surface area contributed by atoms with Gasteiger partial charge in [0.1, 0.15) is 11.9 Å². The summed E-state index contributed by atoms with van der Waals surface area (Å²) in [4.78, 5) is 28.7. The maximum Gasteiger partial charge on any atom is 0.312 e. The lowest BCUT2D eigenvalue weighted by Gasteiger charge is -2.24. The second kappa shape index (κ2) is 8.53. The average molecular weight is 410 g/mol. The summed E-state index contributed by atoms with van der Waals surface area (Å²) < 4.78 is 19.3. The van der Waals surface area contributed by atoms with Crippen LogP contribution < -0.4 is 5.32 Å². The van der Waals surface area contributed by atoms with E-state index < -0.39 is 11.7 Å². The molecule has 1 heterocycles. The number of amides is 1. The first kappa shape index (κ1) is 19.3. The number of thiazole rings is 1. The highest BCUT2D eigenvalue weighted by atomic mass is 32.1. The maximum atomic E-state index is 13.7. The van der Waals surface area contributed by atoms with Gasteiger partial charge in [-0.2, -0.15) is 0 Å². The van der Waals surface area contributed by atoms with E-state index in [0.29, 0.717) is 10.8 Å². The number of rotatable bonds is 5. The van der Waals surface area contributed by atoms with Crippen LogP contribution in [-0.2, 0) is 28.8 Å². The summed E-state index contributed by atoms with van der Waals surface area (Å²) in [6.45, 7) is 0. The molecule has 0 radical (unpaired) electrons. The zero-order valence-electron chi connectivity index (χ0n) is 15.6. The van der Waals surface area contributed by atoms with Gasteiger partial charge in [0.2, 0.25) is 0 Å². The van der Waals surface area contributed by atoms with Gasteiger partial charge in [-0.3, -0.25) is 14.9 Å². The van der Waals surface area contributed by atoms with Gasteiger partial charge >= 0.3 is 5.97 Å². The number of esters is 1. The maximum absolute atomic E-state index is 13.7. The van der Waals surface area contributed by atoms with Crippen LogP contribution in [0.15, 0.2) is 53.9 Å². The number of nitrogens with zero attached hydrogens (tertiary/aromatic N) is 1. The molecule has 3 aromatic rings. The third kappa shape index (κ3) is 4.68. The van der Waals surface area contributed by atoms with Crippen LogP contribution in [0.5, 0.6) is 0 Å². The van der Waals surface area contributed by atoms with E-state index in [4.69, 9.17) is 4.74 Å². The summed E-state index contributed by atoms with van der Waals surface area (Å²) in [5.74, 6) is -1.52. The molecule has 5 nitrogen and oxygen atoms in total. The van der Waals surface area contributed by atoms with Crippen LogP contribution in [0.25, 0.3) is 0 Å². The molecule has 0 saturated carbocycles. The standard InChI is InChI=1S/C22H19FN2O3S/c23-19-8-4-3-7-18(19)21(27)25-22-24-16(13-29-22)12-20(26)28-17-10-9-14-5-1-2-6-15(14)11-17/h1-8,13,17H,9-12H2,(H,24,25,27). The van der Waals surface area contributed by atoms with Gasteiger partial charge < -0.3 is 4.74 Å². The molecule has 1 aromatic heterocycles. The smallest absolute Gasteiger partial charge is 0.312 e. The van der Waals surface area contributed by atoms with Crippen molar-refractivity contribution in [2.24, 2.45) is 0 Å². The number of ether oxygens (including phenoxy) is 1. The molecule has 1 atom stereocenters. The Bertz CT molecular complexity index is 1050. The number of benzene rings is 2. The van der Waals surface area contributed by atoms with Gasteiger partial charge in [-0.15, -0.1) is 11.3 Å². The summed E-state index contributed by atoms with van der Waals surface area (Å²) in [5, 5.41) is 4.56. The van der Waals surface area contributed by atoms with Gasteiger partial charge in [0, 0.05) is 11.8 Å². The van der Waals surface area contributed by atoms with E-state index in [0.717, 1.165) is 19.3 Å². The van der Waals surface area contributed by atoms with Crippen molar-refractivity contribution >= 4 is 28.3 Å². The van der Waals surface area contributed by atoms with Crippen LogP contribution in [0.4, 0.5) is 9.52 Å². The number of fused-ring (bicyclic) bond motifs is 1. The summed E-state index contributed by atoms with van der Waals surface area (Å²) in [7, 11) is 0. The fraction of sp³-hybridized carbons (Fsp3) is 0.227. The molecule has 1 aliphatic carbocycles. The molecule has 1 N–H and O–H groups in total. The number of hydrogen-bond donors (Lipinski definition) is 1. The lowest BCUT2D eigenvalue weighted by molar-refractivity contribution is -0.148. The minimum atomic E-state index is -0.598. The SMILES string of the molecule is O=C(Cc1csc(NC(=O)c2ccccc2F)n1)OC1CCc2ccccc2C1. The third-order valence-corrected chi connectivity index (χ3v) is 5.62. The Morgan fingerprint density at radius 3 is 2.72 bits per heavy atom. The van der Waals surface area contributed by atoms with Crippen molar-refractivity contribution < 1.29 is 18.7 Å². The van der Waals surface area contributed by atoms with E-state index in [2.05, 4.69) is 22.4 Å². The number of carbonyl (C=O) groups is 2. The molecule has 2 aromatic carbocycles. The van der Waals surface area contributed by atoms with Gasteiger partial charge in [-0.1, -0.05) is 36.4 Å². The third-order valence-electron chi connectivity index (χ3n) is 4.82. The molecule has 7 heteroatoms. The summed E-state index contributed by atoms with van der Waals surface area (Å²) in [5.41, 5.74) is 3.00. The topological polar surface area (TPSA) is 68.3 Å². The molecule has 1 unspecified atom stereocenters. The van der Waals surface area contributed by atoms with Crippen molar-refractivity contribution in [1.82, 2.24) is 4.98 Å². The first-order chi connectivity index (χ1) is 14.1. The Morgan fingerprint density at radius 2 is 1.90 bits per heavy atom. The van der Waals surface area contributed by atoms with Gasteiger partial charge in [0.05, 0.1) is 17.7 Å². The second-order valence-electron chi connectivity index (χ2n) is 6.88. The fourth-order valence-electron chi connectivity index (χ4n) is 3.40. The van der Waals surface area contributed by atoms with Crippen molar-refractivity contribution in [1.29, 1.82) is 0 Å². The fourth-order valence-corrected chi connectivity index (χ4v) is 4.10. The molecular formula is C22H19FN2O3S. The Balaban J connectivity index is 1.32. The van der Waals surface area contributed by atoms with Crippen LogP contribution in [0.3, 0.4) is 0 Å². The van der Waals surface area contributed by atoms with Crippen molar-refractivity contribution in [2.45, 2.75) is 31.8 Å². The molecule has 0 aliphatic heterocycles. The van der Waals surface area contributed by atoms with Crippen LogP contribution in [0, 0.1) is 5.82 Å². The Morgan fingerprint density at radius 1 is 1.14 bits per heavy atom. The van der Waals surface area contributed by atoms with Crippen LogP contribution in [0.2, 0.25) is 0 Å². The Hall–Kier alpha value is -3.06. The van der Waals surface area contributed by atoms with E-state index in [1.165, 1.54) is 40.7 Å². The monoisotopic (exact) mass is 410 g/mol. The van der Waals surface area contributed by atoms with Crippen LogP contribution in [0.1, 0.15) is 33.6 Å². The zero-order valence-corrected chi connectivity index (χ0v) is 16.4. The Labute approximate surface area is 171 Å². The summed E-state index contributed by atoms with van der Waals surface area (Å²) in [6.07, 6.45) is 2.34. The van der Waals surface area contributed by atoms with E-state index in [1.807, 2.05) is 12.1 Å². The van der Waals surface area contributed by atoms with E-state index in [9.17, 15) is 14.0 Å². The number of aromatic nitrogens is 1. The predicted molar refractivity (Wildman–Crippen MR) is 109 cm³/mol. The number of anilines is 1. The zero-order chi connectivity index (χ0) is 20.2. The van der Waals surface area contributed by atoms with Crippen LogP contribution >= 0.6 is 11.3 Å². The first-order valence-corrected chi connectivity index (χ1v) is 10.2. The number of carbonyl (C=O) groups excluding carboxylic acids is 2. The van der Waals surface area contributed by atoms with Crippen molar-refractivity contribution in [3.8, 4) is 0 Å².